The van der Waals surface area contributed by atoms with Crippen molar-refractivity contribution in [1.82, 2.24) is 19.1 Å². The van der Waals surface area contributed by atoms with Crippen molar-refractivity contribution < 1.29 is 9.53 Å². The number of hydrogen-bond acceptors (Lipinski definition) is 6. The first kappa shape index (κ1) is 15.1. The zero-order valence-electron chi connectivity index (χ0n) is 12.4. The molecule has 0 amide bonds. The Balaban J connectivity index is 1.60. The van der Waals surface area contributed by atoms with Gasteiger partial charge in [-0.25, -0.2) is 4.98 Å². The van der Waals surface area contributed by atoms with Crippen LogP contribution in [0.3, 0.4) is 0 Å². The summed E-state index contributed by atoms with van der Waals surface area (Å²) in [6.07, 6.45) is 6.73. The van der Waals surface area contributed by atoms with Crippen molar-refractivity contribution in [3.63, 3.8) is 0 Å². The fourth-order valence-corrected chi connectivity index (χ4v) is 2.32. The molecule has 0 bridgehead atoms. The molecule has 0 radical (unpaired) electrons. The van der Waals surface area contributed by atoms with Crippen molar-refractivity contribution in [2.24, 2.45) is 7.05 Å². The van der Waals surface area contributed by atoms with Gasteiger partial charge in [0.05, 0.1) is 5.69 Å². The average molecular weight is 326 g/mol. The van der Waals surface area contributed by atoms with Gasteiger partial charge in [0.1, 0.15) is 18.2 Å². The number of benzene rings is 1. The van der Waals surface area contributed by atoms with Gasteiger partial charge in [0.2, 0.25) is 0 Å². The Bertz CT molecular complexity index is 807. The molecule has 6 nitrogen and oxygen atoms in total. The molecule has 7 heteroatoms. The second-order valence-electron chi connectivity index (χ2n) is 4.79. The summed E-state index contributed by atoms with van der Waals surface area (Å²) in [6, 6.07) is 7.02. The molecule has 0 saturated heterocycles. The lowest BCUT2D eigenvalue weighted by Gasteiger charge is -2.06. The number of nitrogens with zero attached hydrogens (tertiary/aromatic N) is 4. The first-order chi connectivity index (χ1) is 11.2. The minimum absolute atomic E-state index is 0.0892. The number of rotatable bonds is 6. The lowest BCUT2D eigenvalue weighted by Crippen LogP contribution is -2.03. The van der Waals surface area contributed by atoms with Gasteiger partial charge in [-0.2, -0.15) is 0 Å². The van der Waals surface area contributed by atoms with E-state index in [1.165, 1.54) is 17.6 Å². The Morgan fingerprint density at radius 3 is 2.83 bits per heavy atom. The molecule has 0 N–H and O–H groups in total. The number of ether oxygens (including phenoxy) is 1. The van der Waals surface area contributed by atoms with E-state index in [1.807, 2.05) is 17.8 Å². The smallest absolute Gasteiger partial charge is 0.185 e. The lowest BCUT2D eigenvalue weighted by atomic mass is 10.1. The van der Waals surface area contributed by atoms with Gasteiger partial charge in [-0.05, 0) is 47.9 Å². The maximum atomic E-state index is 12.1. The molecule has 116 valence electrons. The van der Waals surface area contributed by atoms with Gasteiger partial charge in [-0.1, -0.05) is 4.49 Å². The third-order valence-electron chi connectivity index (χ3n) is 3.21. The second-order valence-corrected chi connectivity index (χ2v) is 5.40. The van der Waals surface area contributed by atoms with E-state index >= 15 is 0 Å². The van der Waals surface area contributed by atoms with E-state index in [2.05, 4.69) is 14.6 Å². The van der Waals surface area contributed by atoms with Crippen LogP contribution < -0.4 is 4.74 Å². The third kappa shape index (κ3) is 3.89. The maximum absolute atomic E-state index is 12.1. The standard InChI is InChI=1S/C16H14N4O2S/c1-20-9-8-17-16(20)10-22-14-5-2-12(3-6-14)15(21)7-4-13-11-23-19-18-13/h2-9,11H,10H2,1H3/b7-4+. The van der Waals surface area contributed by atoms with Gasteiger partial charge in [-0.3, -0.25) is 4.79 Å². The minimum atomic E-state index is -0.0892. The highest BCUT2D eigenvalue weighted by Gasteiger charge is 2.04. The molecule has 0 aliphatic rings. The monoisotopic (exact) mass is 326 g/mol. The first-order valence-electron chi connectivity index (χ1n) is 6.91. The summed E-state index contributed by atoms with van der Waals surface area (Å²) < 4.78 is 11.3. The number of hydrogen-bond donors (Lipinski definition) is 0. The summed E-state index contributed by atoms with van der Waals surface area (Å²) in [4.78, 5) is 16.2. The number of carbonyl (C=O) groups excluding carboxylic acids is 1. The highest BCUT2D eigenvalue weighted by Crippen LogP contribution is 2.15. The molecule has 2 aromatic heterocycles. The quantitative estimate of drug-likeness (QED) is 0.514. The van der Waals surface area contributed by atoms with E-state index in [0.29, 0.717) is 23.6 Å². The van der Waals surface area contributed by atoms with Crippen LogP contribution in [0.1, 0.15) is 21.9 Å². The van der Waals surface area contributed by atoms with Crippen molar-refractivity contribution in [1.29, 1.82) is 0 Å². The molecule has 0 fully saturated rings. The van der Waals surface area contributed by atoms with Gasteiger partial charge >= 0.3 is 0 Å². The Kier molecular flexibility index (Phi) is 4.58. The predicted octanol–water partition coefficient (Wildman–Crippen LogP) is 2.75. The van der Waals surface area contributed by atoms with Crippen molar-refractivity contribution in [2.45, 2.75) is 6.61 Å². The number of aromatic nitrogens is 4. The number of imidazole rings is 1. The molecule has 0 atom stereocenters. The number of carbonyl (C=O) groups is 1. The van der Waals surface area contributed by atoms with Crippen molar-refractivity contribution >= 4 is 23.4 Å². The molecule has 2 heterocycles. The average Bonchev–Trinajstić information content (AvgIpc) is 3.23. The van der Waals surface area contributed by atoms with Gasteiger partial charge in [0.15, 0.2) is 5.78 Å². The van der Waals surface area contributed by atoms with E-state index in [9.17, 15) is 4.79 Å². The van der Waals surface area contributed by atoms with E-state index in [1.54, 1.807) is 41.9 Å². The lowest BCUT2D eigenvalue weighted by molar-refractivity contribution is 0.104. The minimum Gasteiger partial charge on any atom is -0.486 e. The SMILES string of the molecule is Cn1ccnc1COc1ccc(C(=O)/C=C/c2csnn2)cc1. The molecular weight excluding hydrogens is 312 g/mol. The van der Waals surface area contributed by atoms with Gasteiger partial charge in [-0.15, -0.1) is 5.10 Å². The van der Waals surface area contributed by atoms with Crippen LogP contribution in [0.4, 0.5) is 0 Å². The van der Waals surface area contributed by atoms with Gasteiger partial charge in [0, 0.05) is 30.4 Å². The molecule has 23 heavy (non-hydrogen) atoms. The summed E-state index contributed by atoms with van der Waals surface area (Å²) in [5.41, 5.74) is 1.27. The Morgan fingerprint density at radius 1 is 1.35 bits per heavy atom. The summed E-state index contributed by atoms with van der Waals surface area (Å²) in [5.74, 6) is 1.44. The number of ketones is 1. The van der Waals surface area contributed by atoms with Crippen LogP contribution in [-0.2, 0) is 13.7 Å². The molecule has 3 rings (SSSR count). The molecule has 0 aliphatic carbocycles. The zero-order chi connectivity index (χ0) is 16.1. The highest BCUT2D eigenvalue weighted by molar-refractivity contribution is 7.03. The summed E-state index contributed by atoms with van der Waals surface area (Å²) in [7, 11) is 1.91. The maximum Gasteiger partial charge on any atom is 0.185 e. The molecule has 0 unspecified atom stereocenters. The zero-order valence-corrected chi connectivity index (χ0v) is 13.2. The Labute approximate surface area is 137 Å². The van der Waals surface area contributed by atoms with Gasteiger partial charge in [0.25, 0.3) is 0 Å². The predicted molar refractivity (Wildman–Crippen MR) is 87.3 cm³/mol. The number of allylic oxidation sites excluding steroid dienone is 1. The normalized spacial score (nSPS) is 11.0. The Morgan fingerprint density at radius 2 is 2.17 bits per heavy atom. The topological polar surface area (TPSA) is 69.9 Å². The first-order valence-corrected chi connectivity index (χ1v) is 7.74. The van der Waals surface area contributed by atoms with Crippen molar-refractivity contribution in [3.8, 4) is 5.75 Å². The molecule has 0 aliphatic heterocycles. The van der Waals surface area contributed by atoms with Crippen LogP contribution in [0.25, 0.3) is 6.08 Å². The van der Waals surface area contributed by atoms with Crippen molar-refractivity contribution in [3.05, 3.63) is 65.2 Å². The summed E-state index contributed by atoms with van der Waals surface area (Å²) in [5, 5.41) is 5.63. The molecule has 1 aromatic carbocycles. The fraction of sp³-hybridized carbons (Fsp3) is 0.125. The molecule has 3 aromatic rings. The summed E-state index contributed by atoms with van der Waals surface area (Å²) >= 11 is 1.25. The van der Waals surface area contributed by atoms with Crippen LogP contribution in [0, 0.1) is 0 Å². The molecular formula is C16H14N4O2S. The molecule has 0 spiro atoms. The van der Waals surface area contributed by atoms with Crippen LogP contribution in [0.5, 0.6) is 5.75 Å². The summed E-state index contributed by atoms with van der Waals surface area (Å²) in [6.45, 7) is 0.382. The number of aryl methyl sites for hydroxylation is 1. The van der Waals surface area contributed by atoms with Crippen LogP contribution >= 0.6 is 11.5 Å². The van der Waals surface area contributed by atoms with E-state index in [0.717, 1.165) is 5.82 Å². The largest absolute Gasteiger partial charge is 0.486 e. The van der Waals surface area contributed by atoms with E-state index in [-0.39, 0.29) is 5.78 Å². The van der Waals surface area contributed by atoms with Crippen LogP contribution in [-0.4, -0.2) is 24.9 Å². The van der Waals surface area contributed by atoms with Gasteiger partial charge < -0.3 is 9.30 Å². The van der Waals surface area contributed by atoms with Crippen LogP contribution in [0.2, 0.25) is 0 Å². The van der Waals surface area contributed by atoms with E-state index in [4.69, 9.17) is 4.74 Å². The highest BCUT2D eigenvalue weighted by atomic mass is 32.1. The van der Waals surface area contributed by atoms with E-state index < -0.39 is 0 Å². The van der Waals surface area contributed by atoms with Crippen LogP contribution in [0.15, 0.2) is 48.1 Å². The molecule has 0 saturated carbocycles. The fourth-order valence-electron chi connectivity index (χ4n) is 1.90. The van der Waals surface area contributed by atoms with Crippen molar-refractivity contribution in [2.75, 3.05) is 0 Å². The Hall–Kier alpha value is -2.80. The second kappa shape index (κ2) is 6.97. The third-order valence-corrected chi connectivity index (χ3v) is 3.73.